The molecule has 5 aromatic carbocycles. The quantitative estimate of drug-likeness (QED) is 0.207. The van der Waals surface area contributed by atoms with Gasteiger partial charge >= 0.3 is 0 Å². The molecule has 2 aliphatic carbocycles. The van der Waals surface area contributed by atoms with Crippen LogP contribution in [0, 0.1) is 0 Å². The van der Waals surface area contributed by atoms with Crippen LogP contribution in [0.5, 0.6) is 0 Å². The average molecular weight is 444 g/mol. The molecule has 7 aromatic rings. The van der Waals surface area contributed by atoms with E-state index in [-0.39, 0.29) is 0 Å². The summed E-state index contributed by atoms with van der Waals surface area (Å²) in [4.78, 5) is 0. The van der Waals surface area contributed by atoms with E-state index in [1.165, 1.54) is 82.6 Å². The fraction of sp³-hybridized carbons (Fsp3) is 0.0588. The molecule has 1 heteroatoms. The van der Waals surface area contributed by atoms with Gasteiger partial charge in [0.1, 0.15) is 0 Å². The number of rotatable bonds is 0. The van der Waals surface area contributed by atoms with Gasteiger partial charge < -0.3 is 4.40 Å². The Morgan fingerprint density at radius 1 is 0.457 bits per heavy atom. The Labute approximate surface area is 202 Å². The van der Waals surface area contributed by atoms with Crippen LogP contribution >= 0.6 is 0 Å². The van der Waals surface area contributed by atoms with Crippen molar-refractivity contribution in [2.45, 2.75) is 12.8 Å². The number of para-hydroxylation sites is 1. The van der Waals surface area contributed by atoms with E-state index in [1.54, 1.807) is 0 Å². The second kappa shape index (κ2) is 6.20. The Morgan fingerprint density at radius 2 is 1.20 bits per heavy atom. The molecule has 2 heterocycles. The maximum absolute atomic E-state index is 2.53. The summed E-state index contributed by atoms with van der Waals surface area (Å²) in [6.45, 7) is 0. The summed E-state index contributed by atoms with van der Waals surface area (Å²) in [6.07, 6.45) is 2.02. The fourth-order valence-electron chi connectivity index (χ4n) is 6.90. The van der Waals surface area contributed by atoms with Crippen LogP contribution in [0.2, 0.25) is 0 Å². The lowest BCUT2D eigenvalue weighted by Crippen LogP contribution is -1.95. The molecule has 162 valence electrons. The van der Waals surface area contributed by atoms with Gasteiger partial charge in [0.15, 0.2) is 0 Å². The van der Waals surface area contributed by atoms with Crippen molar-refractivity contribution in [3.05, 3.63) is 125 Å². The van der Waals surface area contributed by atoms with E-state index in [0.717, 1.165) is 12.8 Å². The first-order chi connectivity index (χ1) is 17.3. The number of hydrogen-bond donors (Lipinski definition) is 0. The van der Waals surface area contributed by atoms with Crippen LogP contribution < -0.4 is 0 Å². The number of nitrogens with zero attached hydrogens (tertiary/aromatic N) is 1. The van der Waals surface area contributed by atoms with E-state index in [9.17, 15) is 0 Å². The number of benzene rings is 5. The Hall–Kier alpha value is -4.36. The van der Waals surface area contributed by atoms with Gasteiger partial charge in [-0.25, -0.2) is 0 Å². The molecule has 0 aliphatic heterocycles. The first-order valence-corrected chi connectivity index (χ1v) is 12.5. The molecule has 0 amide bonds. The molecule has 0 unspecified atom stereocenters. The van der Waals surface area contributed by atoms with E-state index >= 15 is 0 Å². The van der Waals surface area contributed by atoms with Gasteiger partial charge in [0.25, 0.3) is 0 Å². The van der Waals surface area contributed by atoms with Gasteiger partial charge in [0, 0.05) is 16.2 Å². The molecule has 9 rings (SSSR count). The normalized spacial score (nSPS) is 13.5. The second-order valence-electron chi connectivity index (χ2n) is 10.1. The van der Waals surface area contributed by atoms with Crippen LogP contribution in [0.1, 0.15) is 22.3 Å². The van der Waals surface area contributed by atoms with E-state index in [0.29, 0.717) is 0 Å². The van der Waals surface area contributed by atoms with Crippen molar-refractivity contribution in [3.8, 4) is 22.3 Å². The van der Waals surface area contributed by atoms with E-state index in [4.69, 9.17) is 0 Å². The maximum Gasteiger partial charge on any atom is 0.0550 e. The first kappa shape index (κ1) is 18.0. The van der Waals surface area contributed by atoms with Crippen molar-refractivity contribution in [1.29, 1.82) is 0 Å². The lowest BCUT2D eigenvalue weighted by atomic mass is 9.94. The second-order valence-corrected chi connectivity index (χ2v) is 10.1. The molecule has 0 bridgehead atoms. The van der Waals surface area contributed by atoms with Crippen molar-refractivity contribution in [1.82, 2.24) is 4.40 Å². The number of fused-ring (bicyclic) bond motifs is 15. The predicted molar refractivity (Wildman–Crippen MR) is 146 cm³/mol. The average Bonchev–Trinajstić information content (AvgIpc) is 3.58. The van der Waals surface area contributed by atoms with Crippen LogP contribution in [0.15, 0.2) is 103 Å². The molecule has 0 saturated carbocycles. The SMILES string of the molecule is c1ccc2c(c1)Cc1cc3c4ccc5c(c4c4cc6ccccc6n4c3cc1-2)Cc1ccccc1-5. The largest absolute Gasteiger partial charge is 0.309 e. The van der Waals surface area contributed by atoms with Crippen molar-refractivity contribution >= 4 is 38.1 Å². The Balaban J connectivity index is 1.51. The monoisotopic (exact) mass is 443 g/mol. The van der Waals surface area contributed by atoms with Gasteiger partial charge in [-0.15, -0.1) is 0 Å². The zero-order valence-corrected chi connectivity index (χ0v) is 19.2. The van der Waals surface area contributed by atoms with Crippen molar-refractivity contribution in [3.63, 3.8) is 0 Å². The minimum atomic E-state index is 1.00. The third-order valence-corrected chi connectivity index (χ3v) is 8.40. The molecular weight excluding hydrogens is 422 g/mol. The van der Waals surface area contributed by atoms with Gasteiger partial charge in [0.05, 0.1) is 16.6 Å². The molecule has 2 aromatic heterocycles. The Kier molecular flexibility index (Phi) is 3.19. The molecule has 0 N–H and O–H groups in total. The Bertz CT molecular complexity index is 2050. The highest BCUT2D eigenvalue weighted by atomic mass is 14.9. The maximum atomic E-state index is 2.53. The molecular formula is C34H21N. The fourth-order valence-corrected chi connectivity index (χ4v) is 6.90. The molecule has 0 atom stereocenters. The molecule has 1 nitrogen and oxygen atoms in total. The van der Waals surface area contributed by atoms with Crippen molar-refractivity contribution in [2.24, 2.45) is 0 Å². The lowest BCUT2D eigenvalue weighted by molar-refractivity contribution is 1.26. The summed E-state index contributed by atoms with van der Waals surface area (Å²) >= 11 is 0. The van der Waals surface area contributed by atoms with Crippen LogP contribution in [0.25, 0.3) is 60.3 Å². The summed E-state index contributed by atoms with van der Waals surface area (Å²) in [5.74, 6) is 0. The summed E-state index contributed by atoms with van der Waals surface area (Å²) in [5, 5.41) is 5.45. The van der Waals surface area contributed by atoms with Crippen LogP contribution in [0.3, 0.4) is 0 Å². The molecule has 0 spiro atoms. The predicted octanol–water partition coefficient (Wildman–Crippen LogP) is 8.54. The highest BCUT2D eigenvalue weighted by molar-refractivity contribution is 6.19. The topological polar surface area (TPSA) is 4.41 Å². The summed E-state index contributed by atoms with van der Waals surface area (Å²) in [7, 11) is 0. The third-order valence-electron chi connectivity index (χ3n) is 8.40. The van der Waals surface area contributed by atoms with Gasteiger partial charge in [-0.3, -0.25) is 0 Å². The van der Waals surface area contributed by atoms with Crippen LogP contribution in [0.4, 0.5) is 0 Å². The highest BCUT2D eigenvalue weighted by Gasteiger charge is 2.25. The van der Waals surface area contributed by atoms with Gasteiger partial charge in [-0.2, -0.15) is 0 Å². The van der Waals surface area contributed by atoms with Gasteiger partial charge in [0.2, 0.25) is 0 Å². The number of hydrogen-bond acceptors (Lipinski definition) is 0. The van der Waals surface area contributed by atoms with E-state index < -0.39 is 0 Å². The highest BCUT2D eigenvalue weighted by Crippen LogP contribution is 2.46. The smallest absolute Gasteiger partial charge is 0.0550 e. The Morgan fingerprint density at radius 3 is 2.09 bits per heavy atom. The van der Waals surface area contributed by atoms with Crippen molar-refractivity contribution in [2.75, 3.05) is 0 Å². The summed E-state index contributed by atoms with van der Waals surface area (Å²) in [5.41, 5.74) is 15.3. The lowest BCUT2D eigenvalue weighted by Gasteiger charge is -2.15. The molecule has 0 radical (unpaired) electrons. The molecule has 2 aliphatic rings. The van der Waals surface area contributed by atoms with Crippen LogP contribution in [-0.2, 0) is 12.8 Å². The number of pyridine rings is 1. The number of aromatic nitrogens is 1. The molecule has 0 saturated heterocycles. The van der Waals surface area contributed by atoms with Crippen molar-refractivity contribution < 1.29 is 0 Å². The molecule has 35 heavy (non-hydrogen) atoms. The standard InChI is InChI=1S/C34H21N/c1-5-11-25-20(7-1)15-23-17-29-27-14-13-26-24-10-4-2-8-21(24)16-30(26)34(27)33-18-22-9-3-6-12-31(22)35(33)32(29)19-28(23)25/h1-14,17-19H,15-16H2. The third kappa shape index (κ3) is 2.19. The molecule has 0 fully saturated rings. The zero-order valence-electron chi connectivity index (χ0n) is 19.2. The van der Waals surface area contributed by atoms with E-state index in [1.807, 2.05) is 0 Å². The minimum Gasteiger partial charge on any atom is -0.309 e. The van der Waals surface area contributed by atoms with E-state index in [2.05, 4.69) is 108 Å². The summed E-state index contributed by atoms with van der Waals surface area (Å²) < 4.78 is 2.53. The summed E-state index contributed by atoms with van der Waals surface area (Å²) in [6, 6.07) is 38.7. The minimum absolute atomic E-state index is 1.00. The zero-order chi connectivity index (χ0) is 22.7. The first-order valence-electron chi connectivity index (χ1n) is 12.5. The van der Waals surface area contributed by atoms with Crippen LogP contribution in [-0.4, -0.2) is 4.40 Å². The van der Waals surface area contributed by atoms with Gasteiger partial charge in [-0.05, 0) is 87.0 Å². The van der Waals surface area contributed by atoms with Gasteiger partial charge in [-0.1, -0.05) is 78.9 Å².